The molecule has 1 unspecified atom stereocenters. The van der Waals surface area contributed by atoms with E-state index in [2.05, 4.69) is 45.1 Å². The van der Waals surface area contributed by atoms with E-state index < -0.39 is 0 Å². The first kappa shape index (κ1) is 13.7. The Kier molecular flexibility index (Phi) is 3.87. The predicted molar refractivity (Wildman–Crippen MR) is 81.6 cm³/mol. The van der Waals surface area contributed by atoms with E-state index in [9.17, 15) is 4.39 Å². The summed E-state index contributed by atoms with van der Waals surface area (Å²) in [5.41, 5.74) is 9.53. The average Bonchev–Trinajstić information content (AvgIpc) is 2.87. The minimum Gasteiger partial charge on any atom is -0.329 e. The Morgan fingerprint density at radius 2 is 1.80 bits per heavy atom. The fraction of sp³-hybridized carbons (Fsp3) is 0.250. The Morgan fingerprint density at radius 3 is 2.40 bits per heavy atom. The van der Waals surface area contributed by atoms with Crippen molar-refractivity contribution in [2.24, 2.45) is 5.73 Å². The molecule has 3 rings (SSSR count). The summed E-state index contributed by atoms with van der Waals surface area (Å²) in [6, 6.07) is 13.2. The van der Waals surface area contributed by atoms with Crippen LogP contribution >= 0.6 is 15.9 Å². The topological polar surface area (TPSA) is 29.3 Å². The summed E-state index contributed by atoms with van der Waals surface area (Å²) in [6.07, 6.45) is 0. The molecule has 0 aromatic heterocycles. The van der Waals surface area contributed by atoms with Gasteiger partial charge in [0.1, 0.15) is 5.82 Å². The molecule has 0 fully saturated rings. The number of nitrogens with zero attached hydrogens (tertiary/aromatic N) is 1. The standard InChI is InChI=1S/C16H16BrFN2/c17-15-6-5-13(18)7-14(15)16(8-19)20-9-11-3-1-2-4-12(11)10-20/h1-7,16H,8-10,19H2. The van der Waals surface area contributed by atoms with Crippen LogP contribution in [0.1, 0.15) is 22.7 Å². The summed E-state index contributed by atoms with van der Waals surface area (Å²) in [6.45, 7) is 2.19. The minimum absolute atomic E-state index is 0.0208. The van der Waals surface area contributed by atoms with Crippen LogP contribution in [0, 0.1) is 5.82 Å². The van der Waals surface area contributed by atoms with Gasteiger partial charge in [-0.1, -0.05) is 40.2 Å². The number of hydrogen-bond donors (Lipinski definition) is 1. The van der Waals surface area contributed by atoms with Gasteiger partial charge in [-0.3, -0.25) is 4.90 Å². The fourth-order valence-electron chi connectivity index (χ4n) is 2.82. The molecule has 2 N–H and O–H groups in total. The van der Waals surface area contributed by atoms with E-state index >= 15 is 0 Å². The van der Waals surface area contributed by atoms with Crippen LogP contribution in [0.3, 0.4) is 0 Å². The Morgan fingerprint density at radius 1 is 1.15 bits per heavy atom. The van der Waals surface area contributed by atoms with Crippen LogP contribution in [0.4, 0.5) is 4.39 Å². The third kappa shape index (κ3) is 2.51. The van der Waals surface area contributed by atoms with Crippen molar-refractivity contribution >= 4 is 15.9 Å². The summed E-state index contributed by atoms with van der Waals surface area (Å²) in [7, 11) is 0. The van der Waals surface area contributed by atoms with E-state index in [0.29, 0.717) is 6.54 Å². The lowest BCUT2D eigenvalue weighted by atomic mass is 10.1. The van der Waals surface area contributed by atoms with E-state index in [1.807, 2.05) is 0 Å². The van der Waals surface area contributed by atoms with Crippen molar-refractivity contribution in [3.05, 3.63) is 69.4 Å². The first-order valence-corrected chi connectivity index (χ1v) is 7.44. The van der Waals surface area contributed by atoms with Crippen molar-refractivity contribution in [2.75, 3.05) is 6.54 Å². The van der Waals surface area contributed by atoms with E-state index in [4.69, 9.17) is 5.73 Å². The van der Waals surface area contributed by atoms with Gasteiger partial charge in [0.2, 0.25) is 0 Å². The smallest absolute Gasteiger partial charge is 0.123 e. The van der Waals surface area contributed by atoms with Gasteiger partial charge < -0.3 is 5.73 Å². The van der Waals surface area contributed by atoms with Crippen molar-refractivity contribution in [3.63, 3.8) is 0 Å². The lowest BCUT2D eigenvalue weighted by molar-refractivity contribution is 0.204. The molecule has 2 nitrogen and oxygen atoms in total. The quantitative estimate of drug-likeness (QED) is 0.929. The van der Waals surface area contributed by atoms with E-state index in [-0.39, 0.29) is 11.9 Å². The largest absolute Gasteiger partial charge is 0.329 e. The third-order valence-electron chi connectivity index (χ3n) is 3.85. The maximum Gasteiger partial charge on any atom is 0.123 e. The Hall–Kier alpha value is -1.23. The van der Waals surface area contributed by atoms with Gasteiger partial charge in [-0.2, -0.15) is 0 Å². The van der Waals surface area contributed by atoms with Gasteiger partial charge in [-0.15, -0.1) is 0 Å². The normalized spacial score (nSPS) is 16.1. The second kappa shape index (κ2) is 5.64. The highest BCUT2D eigenvalue weighted by atomic mass is 79.9. The highest BCUT2D eigenvalue weighted by Gasteiger charge is 2.27. The number of halogens is 2. The van der Waals surface area contributed by atoms with Crippen molar-refractivity contribution in [3.8, 4) is 0 Å². The summed E-state index contributed by atoms with van der Waals surface area (Å²) >= 11 is 3.51. The van der Waals surface area contributed by atoms with Crippen LogP contribution in [0.5, 0.6) is 0 Å². The van der Waals surface area contributed by atoms with E-state index in [0.717, 1.165) is 23.1 Å². The van der Waals surface area contributed by atoms with Crippen LogP contribution in [0.25, 0.3) is 0 Å². The molecule has 20 heavy (non-hydrogen) atoms. The van der Waals surface area contributed by atoms with Gasteiger partial charge in [0, 0.05) is 30.1 Å². The second-order valence-electron chi connectivity index (χ2n) is 5.09. The Balaban J connectivity index is 1.91. The third-order valence-corrected chi connectivity index (χ3v) is 4.57. The van der Waals surface area contributed by atoms with Crippen LogP contribution < -0.4 is 5.73 Å². The van der Waals surface area contributed by atoms with Gasteiger partial charge in [0.25, 0.3) is 0 Å². The van der Waals surface area contributed by atoms with Gasteiger partial charge in [0.05, 0.1) is 0 Å². The Bertz CT molecular complexity index is 605. The maximum atomic E-state index is 13.5. The SMILES string of the molecule is NCC(c1cc(F)ccc1Br)N1Cc2ccccc2C1. The van der Waals surface area contributed by atoms with Crippen molar-refractivity contribution < 1.29 is 4.39 Å². The highest BCUT2D eigenvalue weighted by molar-refractivity contribution is 9.10. The van der Waals surface area contributed by atoms with Crippen molar-refractivity contribution in [1.82, 2.24) is 4.90 Å². The number of nitrogens with two attached hydrogens (primary N) is 1. The zero-order chi connectivity index (χ0) is 14.1. The summed E-state index contributed by atoms with van der Waals surface area (Å²) in [5, 5.41) is 0. The Labute approximate surface area is 126 Å². The number of rotatable bonds is 3. The predicted octanol–water partition coefficient (Wildman–Crippen LogP) is 3.60. The number of hydrogen-bond acceptors (Lipinski definition) is 2. The molecule has 1 heterocycles. The first-order valence-electron chi connectivity index (χ1n) is 6.65. The van der Waals surface area contributed by atoms with Gasteiger partial charge in [0.15, 0.2) is 0 Å². The molecule has 104 valence electrons. The summed E-state index contributed by atoms with van der Waals surface area (Å²) in [4.78, 5) is 2.30. The molecule has 0 radical (unpaired) electrons. The second-order valence-corrected chi connectivity index (χ2v) is 5.95. The summed E-state index contributed by atoms with van der Waals surface area (Å²) in [5.74, 6) is -0.224. The van der Waals surface area contributed by atoms with Crippen LogP contribution in [-0.4, -0.2) is 11.4 Å². The van der Waals surface area contributed by atoms with Crippen LogP contribution in [0.2, 0.25) is 0 Å². The van der Waals surface area contributed by atoms with Gasteiger partial charge >= 0.3 is 0 Å². The molecular formula is C16H16BrFN2. The van der Waals surface area contributed by atoms with Gasteiger partial charge in [-0.25, -0.2) is 4.39 Å². The lowest BCUT2D eigenvalue weighted by Crippen LogP contribution is -2.30. The van der Waals surface area contributed by atoms with Crippen molar-refractivity contribution in [2.45, 2.75) is 19.1 Å². The maximum absolute atomic E-state index is 13.5. The average molecular weight is 335 g/mol. The molecule has 0 amide bonds. The molecule has 2 aromatic rings. The zero-order valence-electron chi connectivity index (χ0n) is 11.0. The zero-order valence-corrected chi connectivity index (χ0v) is 12.6. The van der Waals surface area contributed by atoms with E-state index in [1.54, 1.807) is 12.1 Å². The molecule has 1 aliphatic heterocycles. The van der Waals surface area contributed by atoms with E-state index in [1.165, 1.54) is 17.2 Å². The monoisotopic (exact) mass is 334 g/mol. The fourth-order valence-corrected chi connectivity index (χ4v) is 3.33. The molecule has 0 saturated heterocycles. The lowest BCUT2D eigenvalue weighted by Gasteiger charge is -2.27. The molecule has 4 heteroatoms. The molecule has 2 aromatic carbocycles. The van der Waals surface area contributed by atoms with Crippen molar-refractivity contribution in [1.29, 1.82) is 0 Å². The molecule has 0 aliphatic carbocycles. The minimum atomic E-state index is -0.224. The van der Waals surface area contributed by atoms with Crippen LogP contribution in [-0.2, 0) is 13.1 Å². The number of benzene rings is 2. The molecule has 0 saturated carbocycles. The molecule has 0 spiro atoms. The first-order chi connectivity index (χ1) is 9.69. The molecule has 1 atom stereocenters. The summed E-state index contributed by atoms with van der Waals surface area (Å²) < 4.78 is 14.4. The van der Waals surface area contributed by atoms with Crippen LogP contribution in [0.15, 0.2) is 46.9 Å². The number of fused-ring (bicyclic) bond motifs is 1. The van der Waals surface area contributed by atoms with Gasteiger partial charge in [-0.05, 0) is 34.9 Å². The highest BCUT2D eigenvalue weighted by Crippen LogP contribution is 2.34. The molecule has 1 aliphatic rings. The molecule has 0 bridgehead atoms. The molecular weight excluding hydrogens is 319 g/mol.